The number of nitrogens with one attached hydrogen (secondary N) is 1. The highest BCUT2D eigenvalue weighted by molar-refractivity contribution is 7.92. The highest BCUT2D eigenvalue weighted by Gasteiger charge is 2.14. The van der Waals surface area contributed by atoms with E-state index >= 15 is 0 Å². The average Bonchev–Trinajstić information content (AvgIpc) is 2.57. The van der Waals surface area contributed by atoms with Crippen LogP contribution in [0.1, 0.15) is 0 Å². The van der Waals surface area contributed by atoms with E-state index in [-0.39, 0.29) is 4.90 Å². The average molecular weight is 326 g/mol. The van der Waals surface area contributed by atoms with Gasteiger partial charge in [0.1, 0.15) is 11.5 Å². The molecule has 0 aliphatic rings. The lowest BCUT2D eigenvalue weighted by Crippen LogP contribution is -2.12. The number of para-hydroxylation sites is 1. The molecular formula is C17H14N2O3S. The molecule has 3 aromatic rings. The Labute approximate surface area is 134 Å². The summed E-state index contributed by atoms with van der Waals surface area (Å²) in [6.45, 7) is 0. The predicted octanol–water partition coefficient (Wildman–Crippen LogP) is 3.67. The van der Waals surface area contributed by atoms with Crippen LogP contribution in [-0.2, 0) is 10.0 Å². The minimum atomic E-state index is -3.65. The monoisotopic (exact) mass is 326 g/mol. The molecule has 0 unspecified atom stereocenters. The van der Waals surface area contributed by atoms with Gasteiger partial charge in [0.25, 0.3) is 10.0 Å². The number of benzene rings is 2. The smallest absolute Gasteiger partial charge is 0.261 e. The maximum atomic E-state index is 12.3. The van der Waals surface area contributed by atoms with Gasteiger partial charge in [-0.05, 0) is 48.5 Å². The maximum absolute atomic E-state index is 12.3. The van der Waals surface area contributed by atoms with Crippen LogP contribution < -0.4 is 9.46 Å². The van der Waals surface area contributed by atoms with Crippen LogP contribution in [-0.4, -0.2) is 13.4 Å². The molecule has 1 N–H and O–H groups in total. The van der Waals surface area contributed by atoms with Gasteiger partial charge in [-0.2, -0.15) is 0 Å². The van der Waals surface area contributed by atoms with Crippen molar-refractivity contribution in [2.24, 2.45) is 0 Å². The first-order chi connectivity index (χ1) is 11.1. The van der Waals surface area contributed by atoms with E-state index < -0.39 is 10.0 Å². The largest absolute Gasteiger partial charge is 0.457 e. The van der Waals surface area contributed by atoms with Crippen LogP contribution >= 0.6 is 0 Å². The first-order valence-electron chi connectivity index (χ1n) is 6.89. The minimum Gasteiger partial charge on any atom is -0.457 e. The zero-order valence-electron chi connectivity index (χ0n) is 12.1. The Hall–Kier alpha value is -2.86. The third kappa shape index (κ3) is 3.87. The number of sulfonamides is 1. The molecule has 0 radical (unpaired) electrons. The van der Waals surface area contributed by atoms with E-state index in [1.54, 1.807) is 30.5 Å². The van der Waals surface area contributed by atoms with Crippen LogP contribution in [0, 0.1) is 0 Å². The Morgan fingerprint density at radius 2 is 1.52 bits per heavy atom. The van der Waals surface area contributed by atoms with Crippen molar-refractivity contribution in [3.63, 3.8) is 0 Å². The Morgan fingerprint density at radius 1 is 0.826 bits per heavy atom. The molecule has 1 aromatic heterocycles. The zero-order chi connectivity index (χ0) is 16.1. The van der Waals surface area contributed by atoms with Gasteiger partial charge in [-0.1, -0.05) is 18.2 Å². The molecule has 1 heterocycles. The van der Waals surface area contributed by atoms with Gasteiger partial charge >= 0.3 is 0 Å². The van der Waals surface area contributed by atoms with Gasteiger partial charge in [0.05, 0.1) is 16.8 Å². The highest BCUT2D eigenvalue weighted by atomic mass is 32.2. The number of ether oxygens (including phenoxy) is 1. The van der Waals surface area contributed by atoms with Gasteiger partial charge < -0.3 is 4.74 Å². The van der Waals surface area contributed by atoms with Crippen LogP contribution in [0.25, 0.3) is 0 Å². The van der Waals surface area contributed by atoms with Gasteiger partial charge in [0.15, 0.2) is 0 Å². The van der Waals surface area contributed by atoms with Crippen molar-refractivity contribution in [2.45, 2.75) is 4.90 Å². The number of nitrogens with zero attached hydrogens (tertiary/aromatic N) is 1. The molecule has 23 heavy (non-hydrogen) atoms. The highest BCUT2D eigenvalue weighted by Crippen LogP contribution is 2.23. The number of anilines is 1. The van der Waals surface area contributed by atoms with Crippen molar-refractivity contribution in [3.8, 4) is 11.5 Å². The molecule has 0 fully saturated rings. The molecule has 0 aliphatic carbocycles. The summed E-state index contributed by atoms with van der Waals surface area (Å²) in [5, 5.41) is 0. The van der Waals surface area contributed by atoms with Crippen molar-refractivity contribution in [2.75, 3.05) is 4.72 Å². The SMILES string of the molecule is O=S(=O)(Nc1cccnc1)c1ccc(Oc2ccccc2)cc1. The Kier molecular flexibility index (Phi) is 4.25. The molecule has 0 aliphatic heterocycles. The standard InChI is InChI=1S/C17H14N2O3S/c20-23(21,19-14-5-4-12-18-13-14)17-10-8-16(9-11-17)22-15-6-2-1-3-7-15/h1-13,19H. The second-order valence-corrected chi connectivity index (χ2v) is 6.42. The third-order valence-electron chi connectivity index (χ3n) is 3.03. The summed E-state index contributed by atoms with van der Waals surface area (Å²) in [5.74, 6) is 1.26. The fourth-order valence-corrected chi connectivity index (χ4v) is 2.99. The topological polar surface area (TPSA) is 68.3 Å². The first-order valence-corrected chi connectivity index (χ1v) is 8.38. The van der Waals surface area contributed by atoms with E-state index in [9.17, 15) is 8.42 Å². The second-order valence-electron chi connectivity index (χ2n) is 4.73. The number of pyridine rings is 1. The first kappa shape index (κ1) is 15.1. The summed E-state index contributed by atoms with van der Waals surface area (Å²) in [4.78, 5) is 4.03. The third-order valence-corrected chi connectivity index (χ3v) is 4.42. The van der Waals surface area contributed by atoms with Crippen molar-refractivity contribution >= 4 is 15.7 Å². The molecule has 0 spiro atoms. The van der Waals surface area contributed by atoms with Crippen LogP contribution in [0.3, 0.4) is 0 Å². The van der Waals surface area contributed by atoms with Crippen LogP contribution in [0.5, 0.6) is 11.5 Å². The summed E-state index contributed by atoms with van der Waals surface area (Å²) < 4.78 is 32.7. The Morgan fingerprint density at radius 3 is 2.17 bits per heavy atom. The van der Waals surface area contributed by atoms with Gasteiger partial charge in [-0.15, -0.1) is 0 Å². The van der Waals surface area contributed by atoms with E-state index in [4.69, 9.17) is 4.74 Å². The molecule has 3 rings (SSSR count). The lowest BCUT2D eigenvalue weighted by Gasteiger charge is -2.09. The van der Waals surface area contributed by atoms with E-state index in [0.29, 0.717) is 17.2 Å². The fraction of sp³-hybridized carbons (Fsp3) is 0. The van der Waals surface area contributed by atoms with Crippen LogP contribution in [0.4, 0.5) is 5.69 Å². The lowest BCUT2D eigenvalue weighted by molar-refractivity contribution is 0.482. The molecule has 2 aromatic carbocycles. The van der Waals surface area contributed by atoms with Gasteiger partial charge in [0, 0.05) is 6.20 Å². The van der Waals surface area contributed by atoms with Crippen LogP contribution in [0.2, 0.25) is 0 Å². The zero-order valence-corrected chi connectivity index (χ0v) is 12.9. The quantitative estimate of drug-likeness (QED) is 0.776. The van der Waals surface area contributed by atoms with Gasteiger partial charge in [-0.3, -0.25) is 9.71 Å². The van der Waals surface area contributed by atoms with Crippen molar-refractivity contribution < 1.29 is 13.2 Å². The van der Waals surface area contributed by atoms with Crippen molar-refractivity contribution in [3.05, 3.63) is 79.1 Å². The Balaban J connectivity index is 1.76. The van der Waals surface area contributed by atoms with Gasteiger partial charge in [-0.25, -0.2) is 8.42 Å². The lowest BCUT2D eigenvalue weighted by atomic mass is 10.3. The van der Waals surface area contributed by atoms with E-state index in [1.807, 2.05) is 30.3 Å². The second kappa shape index (κ2) is 6.50. The molecule has 116 valence electrons. The molecule has 0 atom stereocenters. The molecule has 5 nitrogen and oxygen atoms in total. The number of aromatic nitrogens is 1. The summed E-state index contributed by atoms with van der Waals surface area (Å²) in [6, 6.07) is 18.8. The maximum Gasteiger partial charge on any atom is 0.261 e. The Bertz CT molecular complexity index is 865. The molecule has 0 amide bonds. The predicted molar refractivity (Wildman–Crippen MR) is 88.0 cm³/mol. The molecule has 0 saturated heterocycles. The summed E-state index contributed by atoms with van der Waals surface area (Å²) in [6.07, 6.45) is 3.03. The molecule has 0 saturated carbocycles. The minimum absolute atomic E-state index is 0.154. The molecular weight excluding hydrogens is 312 g/mol. The van der Waals surface area contributed by atoms with Gasteiger partial charge in [0.2, 0.25) is 0 Å². The van der Waals surface area contributed by atoms with E-state index in [0.717, 1.165) is 0 Å². The number of rotatable bonds is 5. The normalized spacial score (nSPS) is 11.0. The van der Waals surface area contributed by atoms with Crippen LogP contribution in [0.15, 0.2) is 84.0 Å². The van der Waals surface area contributed by atoms with Crippen molar-refractivity contribution in [1.82, 2.24) is 4.98 Å². The molecule has 6 heteroatoms. The summed E-state index contributed by atoms with van der Waals surface area (Å²) >= 11 is 0. The van der Waals surface area contributed by atoms with E-state index in [1.165, 1.54) is 18.3 Å². The van der Waals surface area contributed by atoms with E-state index in [2.05, 4.69) is 9.71 Å². The fourth-order valence-electron chi connectivity index (χ4n) is 1.95. The van der Waals surface area contributed by atoms with Crippen molar-refractivity contribution in [1.29, 1.82) is 0 Å². The number of hydrogen-bond donors (Lipinski definition) is 1. The number of hydrogen-bond acceptors (Lipinski definition) is 4. The molecule has 0 bridgehead atoms. The summed E-state index contributed by atoms with van der Waals surface area (Å²) in [5.41, 5.74) is 0.414. The summed E-state index contributed by atoms with van der Waals surface area (Å²) in [7, 11) is -3.65.